The highest BCUT2D eigenvalue weighted by molar-refractivity contribution is 5.99. The number of nitrogens with zero attached hydrogens (tertiary/aromatic N) is 2. The van der Waals surface area contributed by atoms with Gasteiger partial charge >= 0.3 is 11.9 Å². The molecule has 0 bridgehead atoms. The summed E-state index contributed by atoms with van der Waals surface area (Å²) in [5, 5.41) is 42.9. The average Bonchev–Trinajstić information content (AvgIpc) is 3.97. The number of likely N-dealkylation sites (tertiary alicyclic amines) is 2. The molecule has 24 nitrogen and oxygen atoms in total. The summed E-state index contributed by atoms with van der Waals surface area (Å²) >= 11 is 0. The minimum Gasteiger partial charge on any atom is -0.481 e. The third kappa shape index (κ3) is 15.2. The van der Waals surface area contributed by atoms with E-state index >= 15 is 0 Å². The lowest BCUT2D eigenvalue weighted by atomic mass is 9.96. The van der Waals surface area contributed by atoms with Crippen LogP contribution in [0.1, 0.15) is 78.2 Å². The van der Waals surface area contributed by atoms with Crippen LogP contribution in [-0.2, 0) is 59.2 Å². The summed E-state index contributed by atoms with van der Waals surface area (Å²) in [4.78, 5) is 145. The molecule has 66 heavy (non-hydrogen) atoms. The van der Waals surface area contributed by atoms with E-state index < -0.39 is 145 Å². The highest BCUT2D eigenvalue weighted by Crippen LogP contribution is 2.21. The summed E-state index contributed by atoms with van der Waals surface area (Å²) in [6, 6.07) is -3.53. The van der Waals surface area contributed by atoms with Gasteiger partial charge in [0.25, 0.3) is 0 Å². The van der Waals surface area contributed by atoms with Crippen molar-refractivity contribution in [2.24, 2.45) is 17.4 Å². The van der Waals surface area contributed by atoms with Crippen LogP contribution in [0.3, 0.4) is 0 Å². The summed E-state index contributed by atoms with van der Waals surface area (Å²) in [7, 11) is 0. The van der Waals surface area contributed by atoms with Crippen LogP contribution in [0.15, 0.2) is 30.3 Å². The first kappa shape index (κ1) is 53.6. The van der Waals surface area contributed by atoms with Crippen LogP contribution >= 0.6 is 0 Å². The Morgan fingerprint density at radius 2 is 1.20 bits per heavy atom. The molecule has 2 aliphatic heterocycles. The van der Waals surface area contributed by atoms with Gasteiger partial charge in [-0.25, -0.2) is 4.79 Å². The first-order valence-corrected chi connectivity index (χ1v) is 21.7. The Morgan fingerprint density at radius 1 is 0.667 bits per heavy atom. The second-order valence-electron chi connectivity index (χ2n) is 16.5. The van der Waals surface area contributed by atoms with Gasteiger partial charge in [0, 0.05) is 19.5 Å². The molecule has 0 saturated carbocycles. The summed E-state index contributed by atoms with van der Waals surface area (Å²) in [5.74, 6) is -11.5. The monoisotopic (exact) mass is 930 g/mol. The van der Waals surface area contributed by atoms with Crippen LogP contribution in [0.25, 0.3) is 0 Å². The van der Waals surface area contributed by atoms with Crippen molar-refractivity contribution < 1.29 is 68.1 Å². The van der Waals surface area contributed by atoms with Gasteiger partial charge in [-0.3, -0.25) is 47.9 Å². The third-order valence-electron chi connectivity index (χ3n) is 11.4. The van der Waals surface area contributed by atoms with Crippen molar-refractivity contribution >= 4 is 65.1 Å². The molecule has 10 atom stereocenters. The standard InChI is InChI=1S/C42H62N10O14/c1-5-21(2)33(50-36(59)25(17-24-11-7-6-8-12-24)46-38(61)30-14-9-15-51(30)40(63)22(3)43)39(62)47-26(18-31(44)54)35(58)49-28(20-53)41(64)52-16-10-13-29(52)37(60)45-23(4)34(57)48-27(42(65)66)19-32(55)56/h6-8,11-12,21-23,25-30,33,53H,5,9-10,13-20,43H2,1-4H3,(H2,44,54)(H,45,60)(H,46,61)(H,47,62)(H,48,57)(H,49,58)(H,50,59)(H,55,56)(H,65,66)/t21-,22-,23-,25-,26-,27-,28-,29-,30-,33-/m0/s1. The van der Waals surface area contributed by atoms with Crippen molar-refractivity contribution in [3.63, 3.8) is 0 Å². The molecule has 0 spiro atoms. The molecule has 0 aliphatic carbocycles. The number of benzene rings is 1. The van der Waals surface area contributed by atoms with Gasteiger partial charge < -0.3 is 68.5 Å². The van der Waals surface area contributed by atoms with E-state index in [0.29, 0.717) is 31.4 Å². The topological polar surface area (TPSA) is 379 Å². The number of carbonyl (C=O) groups excluding carboxylic acids is 9. The Labute approximate surface area is 380 Å². The van der Waals surface area contributed by atoms with Crippen LogP contribution in [0.4, 0.5) is 0 Å². The van der Waals surface area contributed by atoms with Gasteiger partial charge in [-0.1, -0.05) is 50.6 Å². The lowest BCUT2D eigenvalue weighted by Crippen LogP contribution is -2.62. The Kier molecular flexibility index (Phi) is 20.4. The molecule has 24 heteroatoms. The SMILES string of the molecule is CC[C@H](C)[C@H](NC(=O)[C@H](Cc1ccccc1)NC(=O)[C@@H]1CCCN1C(=O)[C@H](C)N)C(=O)N[C@@H](CC(N)=O)C(=O)N[C@@H](CO)C(=O)N1CCC[C@H]1C(=O)N[C@@H](C)C(=O)N[C@@H](CC(=O)O)C(=O)O. The number of hydrogen-bond acceptors (Lipinski definition) is 13. The summed E-state index contributed by atoms with van der Waals surface area (Å²) in [5.41, 5.74) is 11.9. The molecule has 0 radical (unpaired) electrons. The molecule has 9 amide bonds. The molecule has 1 aromatic rings. The average molecular weight is 931 g/mol. The number of carbonyl (C=O) groups is 11. The first-order valence-electron chi connectivity index (χ1n) is 21.7. The number of carboxylic acids is 2. The molecule has 1 aromatic carbocycles. The van der Waals surface area contributed by atoms with Gasteiger partial charge in [-0.05, 0) is 51.0 Å². The van der Waals surface area contributed by atoms with Crippen molar-refractivity contribution in [1.82, 2.24) is 41.7 Å². The number of aliphatic carboxylic acids is 2. The Balaban J connectivity index is 1.77. The zero-order valence-corrected chi connectivity index (χ0v) is 37.3. The highest BCUT2D eigenvalue weighted by atomic mass is 16.4. The van der Waals surface area contributed by atoms with Crippen LogP contribution in [0.5, 0.6) is 0 Å². The van der Waals surface area contributed by atoms with Crippen molar-refractivity contribution in [3.8, 4) is 0 Å². The van der Waals surface area contributed by atoms with E-state index in [1.54, 1.807) is 44.2 Å². The van der Waals surface area contributed by atoms with E-state index in [1.165, 1.54) is 18.7 Å². The number of carboxylic acid groups (broad SMARTS) is 2. The van der Waals surface area contributed by atoms with Gasteiger partial charge in [0.1, 0.15) is 48.3 Å². The van der Waals surface area contributed by atoms with E-state index in [9.17, 15) is 63.0 Å². The largest absolute Gasteiger partial charge is 0.481 e. The van der Waals surface area contributed by atoms with Crippen LogP contribution in [-0.4, -0.2) is 164 Å². The Morgan fingerprint density at radius 3 is 1.71 bits per heavy atom. The number of aliphatic hydroxyl groups is 1. The molecule has 2 saturated heterocycles. The van der Waals surface area contributed by atoms with Crippen LogP contribution in [0, 0.1) is 5.92 Å². The fourth-order valence-corrected chi connectivity index (χ4v) is 7.53. The van der Waals surface area contributed by atoms with E-state index in [-0.39, 0.29) is 25.8 Å². The summed E-state index contributed by atoms with van der Waals surface area (Å²) in [6.07, 6.45) is -0.193. The molecular weight excluding hydrogens is 869 g/mol. The summed E-state index contributed by atoms with van der Waals surface area (Å²) < 4.78 is 0. The fraction of sp³-hybridized carbons (Fsp3) is 0.595. The van der Waals surface area contributed by atoms with E-state index in [1.807, 2.05) is 5.32 Å². The normalized spacial score (nSPS) is 19.3. The molecule has 0 unspecified atom stereocenters. The van der Waals surface area contributed by atoms with Crippen molar-refractivity contribution in [2.75, 3.05) is 19.7 Å². The molecular formula is C42H62N10O14. The molecule has 2 heterocycles. The van der Waals surface area contributed by atoms with Gasteiger partial charge in [-0.15, -0.1) is 0 Å². The third-order valence-corrected chi connectivity index (χ3v) is 11.4. The predicted molar refractivity (Wildman–Crippen MR) is 231 cm³/mol. The van der Waals surface area contributed by atoms with E-state index in [0.717, 1.165) is 4.90 Å². The Hall–Kier alpha value is -6.69. The molecule has 364 valence electrons. The fourth-order valence-electron chi connectivity index (χ4n) is 7.53. The number of primary amides is 1. The lowest BCUT2D eigenvalue weighted by Gasteiger charge is -2.31. The smallest absolute Gasteiger partial charge is 0.326 e. The quantitative estimate of drug-likeness (QED) is 0.0470. The second kappa shape index (κ2) is 25.1. The number of aliphatic hydroxyl groups excluding tert-OH is 1. The van der Waals surface area contributed by atoms with Gasteiger partial charge in [0.05, 0.1) is 25.5 Å². The lowest BCUT2D eigenvalue weighted by molar-refractivity contribution is -0.147. The van der Waals surface area contributed by atoms with E-state index in [2.05, 4.69) is 26.6 Å². The number of hydrogen-bond donors (Lipinski definition) is 11. The number of nitrogens with two attached hydrogens (primary N) is 2. The van der Waals surface area contributed by atoms with Crippen LogP contribution in [0.2, 0.25) is 0 Å². The predicted octanol–water partition coefficient (Wildman–Crippen LogP) is -4.04. The zero-order chi connectivity index (χ0) is 49.4. The minimum atomic E-state index is -1.79. The first-order chi connectivity index (χ1) is 31.1. The summed E-state index contributed by atoms with van der Waals surface area (Å²) in [6.45, 7) is 5.33. The Bertz CT molecular complexity index is 1970. The van der Waals surface area contributed by atoms with E-state index in [4.69, 9.17) is 16.6 Å². The molecule has 2 fully saturated rings. The number of amides is 9. The van der Waals surface area contributed by atoms with Gasteiger partial charge in [0.15, 0.2) is 0 Å². The molecule has 2 aliphatic rings. The number of nitrogens with one attached hydrogen (secondary N) is 6. The molecule has 3 rings (SSSR count). The maximum atomic E-state index is 14.1. The maximum absolute atomic E-state index is 14.1. The van der Waals surface area contributed by atoms with Gasteiger partial charge in [0.2, 0.25) is 53.2 Å². The second-order valence-corrected chi connectivity index (χ2v) is 16.5. The van der Waals surface area contributed by atoms with Crippen molar-refractivity contribution in [2.45, 2.75) is 133 Å². The zero-order valence-electron chi connectivity index (χ0n) is 37.3. The maximum Gasteiger partial charge on any atom is 0.326 e. The van der Waals surface area contributed by atoms with Crippen molar-refractivity contribution in [1.29, 1.82) is 0 Å². The minimum absolute atomic E-state index is 0.0137. The van der Waals surface area contributed by atoms with Crippen LogP contribution < -0.4 is 43.4 Å². The van der Waals surface area contributed by atoms with Crippen molar-refractivity contribution in [3.05, 3.63) is 35.9 Å². The number of rotatable bonds is 24. The highest BCUT2D eigenvalue weighted by Gasteiger charge is 2.41. The molecule has 0 aromatic heterocycles. The molecule has 13 N–H and O–H groups in total. The van der Waals surface area contributed by atoms with Gasteiger partial charge in [-0.2, -0.15) is 0 Å².